The molecule has 4 heterocycles. The predicted molar refractivity (Wildman–Crippen MR) is 94.9 cm³/mol. The van der Waals surface area contributed by atoms with Crippen molar-refractivity contribution in [2.45, 2.75) is 12.8 Å². The zero-order valence-corrected chi connectivity index (χ0v) is 13.9. The molecule has 0 bridgehead atoms. The third kappa shape index (κ3) is 2.73. The lowest BCUT2D eigenvalue weighted by molar-refractivity contribution is 0.253. The SMILES string of the molecule is Cn1nccc1-c1cncc(-c2cnc3c(c2)CCCN3C(N)=O)c1. The van der Waals surface area contributed by atoms with Crippen LogP contribution in [0.1, 0.15) is 12.0 Å². The van der Waals surface area contributed by atoms with Crippen LogP contribution in [-0.4, -0.2) is 32.3 Å². The number of nitrogens with two attached hydrogens (primary N) is 1. The maximum Gasteiger partial charge on any atom is 0.320 e. The summed E-state index contributed by atoms with van der Waals surface area (Å²) >= 11 is 0. The van der Waals surface area contributed by atoms with Gasteiger partial charge in [-0.15, -0.1) is 0 Å². The van der Waals surface area contributed by atoms with Crippen molar-refractivity contribution >= 4 is 11.8 Å². The summed E-state index contributed by atoms with van der Waals surface area (Å²) in [7, 11) is 1.90. The maximum atomic E-state index is 11.6. The zero-order chi connectivity index (χ0) is 17.4. The smallest absolute Gasteiger partial charge is 0.320 e. The van der Waals surface area contributed by atoms with Gasteiger partial charge < -0.3 is 5.73 Å². The van der Waals surface area contributed by atoms with E-state index in [4.69, 9.17) is 5.73 Å². The third-order valence-corrected chi connectivity index (χ3v) is 4.48. The average molecular weight is 334 g/mol. The molecule has 3 aromatic rings. The van der Waals surface area contributed by atoms with Crippen LogP contribution in [0.2, 0.25) is 0 Å². The average Bonchev–Trinajstić information content (AvgIpc) is 3.06. The minimum absolute atomic E-state index is 0.457. The Morgan fingerprint density at radius 2 is 1.96 bits per heavy atom. The Balaban J connectivity index is 1.74. The first-order chi connectivity index (χ1) is 12.1. The van der Waals surface area contributed by atoms with Gasteiger partial charge in [-0.05, 0) is 36.6 Å². The lowest BCUT2D eigenvalue weighted by Gasteiger charge is -2.26. The minimum Gasteiger partial charge on any atom is -0.351 e. The van der Waals surface area contributed by atoms with Gasteiger partial charge in [0.05, 0.1) is 5.69 Å². The Hall–Kier alpha value is -3.22. The van der Waals surface area contributed by atoms with Gasteiger partial charge in [-0.25, -0.2) is 9.78 Å². The maximum absolute atomic E-state index is 11.6. The number of hydrogen-bond donors (Lipinski definition) is 1. The highest BCUT2D eigenvalue weighted by molar-refractivity contribution is 5.91. The summed E-state index contributed by atoms with van der Waals surface area (Å²) in [4.78, 5) is 22.0. The van der Waals surface area contributed by atoms with E-state index < -0.39 is 6.03 Å². The molecule has 1 aliphatic rings. The van der Waals surface area contributed by atoms with Crippen LogP contribution in [0.15, 0.2) is 43.0 Å². The number of urea groups is 1. The highest BCUT2D eigenvalue weighted by Gasteiger charge is 2.22. The van der Waals surface area contributed by atoms with E-state index in [2.05, 4.69) is 27.2 Å². The van der Waals surface area contributed by atoms with Gasteiger partial charge in [0.2, 0.25) is 0 Å². The minimum atomic E-state index is -0.457. The van der Waals surface area contributed by atoms with Crippen molar-refractivity contribution in [3.8, 4) is 22.4 Å². The van der Waals surface area contributed by atoms with E-state index in [0.717, 1.165) is 40.8 Å². The number of primary amides is 1. The van der Waals surface area contributed by atoms with Gasteiger partial charge in [0, 0.05) is 55.1 Å². The van der Waals surface area contributed by atoms with Crippen molar-refractivity contribution in [1.82, 2.24) is 19.7 Å². The zero-order valence-electron chi connectivity index (χ0n) is 13.9. The molecule has 25 heavy (non-hydrogen) atoms. The molecule has 2 amide bonds. The molecule has 0 spiro atoms. The van der Waals surface area contributed by atoms with Crippen LogP contribution in [0, 0.1) is 0 Å². The molecule has 0 saturated carbocycles. The summed E-state index contributed by atoms with van der Waals surface area (Å²) in [5.41, 5.74) is 10.4. The first-order valence-electron chi connectivity index (χ1n) is 8.13. The van der Waals surface area contributed by atoms with Crippen LogP contribution in [0.3, 0.4) is 0 Å². The van der Waals surface area contributed by atoms with Gasteiger partial charge >= 0.3 is 6.03 Å². The number of anilines is 1. The van der Waals surface area contributed by atoms with E-state index in [0.29, 0.717) is 12.4 Å². The number of carbonyl (C=O) groups excluding carboxylic acids is 1. The lowest BCUT2D eigenvalue weighted by atomic mass is 10.0. The van der Waals surface area contributed by atoms with Crippen molar-refractivity contribution in [1.29, 1.82) is 0 Å². The van der Waals surface area contributed by atoms with Gasteiger partial charge in [-0.2, -0.15) is 5.10 Å². The number of nitrogens with zero attached hydrogens (tertiary/aromatic N) is 5. The van der Waals surface area contributed by atoms with Crippen molar-refractivity contribution in [2.75, 3.05) is 11.4 Å². The second-order valence-electron chi connectivity index (χ2n) is 6.10. The standard InChI is InChI=1S/C18H18N6O/c1-23-16(4-5-22-23)15-8-13(9-20-10-15)14-7-12-3-2-6-24(18(19)25)17(12)21-11-14/h4-5,7-11H,2-3,6H2,1H3,(H2,19,25). The van der Waals surface area contributed by atoms with Crippen LogP contribution in [0.4, 0.5) is 10.6 Å². The van der Waals surface area contributed by atoms with Gasteiger partial charge in [-0.3, -0.25) is 14.6 Å². The molecule has 126 valence electrons. The van der Waals surface area contributed by atoms with Crippen molar-refractivity contribution in [3.63, 3.8) is 0 Å². The molecule has 0 aliphatic carbocycles. The molecule has 0 aromatic carbocycles. The molecule has 0 unspecified atom stereocenters. The molecule has 2 N–H and O–H groups in total. The number of aromatic nitrogens is 4. The molecular weight excluding hydrogens is 316 g/mol. The Morgan fingerprint density at radius 3 is 2.72 bits per heavy atom. The number of pyridine rings is 2. The summed E-state index contributed by atoms with van der Waals surface area (Å²) in [5.74, 6) is 0.665. The molecule has 1 aliphatic heterocycles. The molecule has 0 fully saturated rings. The number of amides is 2. The number of aryl methyl sites for hydroxylation is 2. The molecule has 0 saturated heterocycles. The van der Waals surface area contributed by atoms with E-state index in [1.165, 1.54) is 4.90 Å². The van der Waals surface area contributed by atoms with E-state index in [9.17, 15) is 4.79 Å². The quantitative estimate of drug-likeness (QED) is 0.779. The molecular formula is C18H18N6O. The van der Waals surface area contributed by atoms with Gasteiger partial charge in [-0.1, -0.05) is 0 Å². The third-order valence-electron chi connectivity index (χ3n) is 4.48. The second kappa shape index (κ2) is 6.01. The van der Waals surface area contributed by atoms with E-state index in [-0.39, 0.29) is 0 Å². The van der Waals surface area contributed by atoms with Gasteiger partial charge in [0.1, 0.15) is 5.82 Å². The van der Waals surface area contributed by atoms with Crippen LogP contribution < -0.4 is 10.6 Å². The van der Waals surface area contributed by atoms with E-state index in [1.54, 1.807) is 12.4 Å². The summed E-state index contributed by atoms with van der Waals surface area (Å²) in [6, 6.07) is 5.64. The molecule has 0 radical (unpaired) electrons. The van der Waals surface area contributed by atoms with Crippen LogP contribution >= 0.6 is 0 Å². The Kier molecular flexibility index (Phi) is 3.68. The summed E-state index contributed by atoms with van der Waals surface area (Å²) < 4.78 is 1.82. The Morgan fingerprint density at radius 1 is 1.16 bits per heavy atom. The normalized spacial score (nSPS) is 13.6. The fraction of sp³-hybridized carbons (Fsp3) is 0.222. The van der Waals surface area contributed by atoms with Crippen molar-refractivity contribution < 1.29 is 4.79 Å². The topological polar surface area (TPSA) is 89.9 Å². The number of rotatable bonds is 2. The number of carbonyl (C=O) groups is 1. The molecule has 3 aromatic heterocycles. The summed E-state index contributed by atoms with van der Waals surface area (Å²) in [6.07, 6.45) is 8.94. The summed E-state index contributed by atoms with van der Waals surface area (Å²) in [6.45, 7) is 0.617. The van der Waals surface area contributed by atoms with Gasteiger partial charge in [0.25, 0.3) is 0 Å². The number of fused-ring (bicyclic) bond motifs is 1. The van der Waals surface area contributed by atoms with Crippen LogP contribution in [0.5, 0.6) is 0 Å². The number of hydrogen-bond acceptors (Lipinski definition) is 4. The lowest BCUT2D eigenvalue weighted by Crippen LogP contribution is -2.40. The first-order valence-corrected chi connectivity index (χ1v) is 8.13. The van der Waals surface area contributed by atoms with Crippen LogP contribution in [0.25, 0.3) is 22.4 Å². The first kappa shape index (κ1) is 15.3. The van der Waals surface area contributed by atoms with Crippen molar-refractivity contribution in [2.24, 2.45) is 12.8 Å². The van der Waals surface area contributed by atoms with Crippen LogP contribution in [-0.2, 0) is 13.5 Å². The summed E-state index contributed by atoms with van der Waals surface area (Å²) in [5, 5.41) is 4.21. The largest absolute Gasteiger partial charge is 0.351 e. The van der Waals surface area contributed by atoms with E-state index >= 15 is 0 Å². The molecule has 7 heteroatoms. The highest BCUT2D eigenvalue weighted by atomic mass is 16.2. The fourth-order valence-corrected chi connectivity index (χ4v) is 3.23. The van der Waals surface area contributed by atoms with Crippen molar-refractivity contribution in [3.05, 3.63) is 48.5 Å². The van der Waals surface area contributed by atoms with E-state index in [1.807, 2.05) is 30.2 Å². The van der Waals surface area contributed by atoms with Gasteiger partial charge in [0.15, 0.2) is 0 Å². The second-order valence-corrected chi connectivity index (χ2v) is 6.10. The molecule has 0 atom stereocenters. The molecule has 4 rings (SSSR count). The highest BCUT2D eigenvalue weighted by Crippen LogP contribution is 2.30. The Bertz CT molecular complexity index is 948. The monoisotopic (exact) mass is 334 g/mol. The fourth-order valence-electron chi connectivity index (χ4n) is 3.23. The predicted octanol–water partition coefficient (Wildman–Crippen LogP) is 2.38. The molecule has 7 nitrogen and oxygen atoms in total. The Labute approximate surface area is 145 Å².